The minimum Gasteiger partial charge on any atom is -0.420 e. The van der Waals surface area contributed by atoms with Gasteiger partial charge in [-0.3, -0.25) is 0 Å². The molecule has 0 fully saturated rings. The van der Waals surface area contributed by atoms with Gasteiger partial charge in [0.15, 0.2) is 0 Å². The highest BCUT2D eigenvalue weighted by Crippen LogP contribution is 1.88. The van der Waals surface area contributed by atoms with Crippen LogP contribution in [0.15, 0.2) is 12.3 Å². The van der Waals surface area contributed by atoms with E-state index in [1.165, 1.54) is 6.26 Å². The average Bonchev–Trinajstić information content (AvgIpc) is 1.69. The number of hydrogen-bond acceptors (Lipinski definition) is 3. The molecule has 42 valence electrons. The van der Waals surface area contributed by atoms with Gasteiger partial charge in [-0.25, -0.2) is 0 Å². The summed E-state index contributed by atoms with van der Waals surface area (Å²) < 4.78 is 9.74. The van der Waals surface area contributed by atoms with Crippen molar-refractivity contribution in [3.05, 3.63) is 12.3 Å². The van der Waals surface area contributed by atoms with Gasteiger partial charge >= 0.3 is 0 Å². The molecule has 1 atom stereocenters. The van der Waals surface area contributed by atoms with Crippen LogP contribution in [0.1, 0.15) is 0 Å². The summed E-state index contributed by atoms with van der Waals surface area (Å²) in [6, 6.07) is 0. The Balaban J connectivity index is 2.92. The topological polar surface area (TPSA) is 52.3 Å². The molecule has 0 aromatic rings. The van der Waals surface area contributed by atoms with Crippen molar-refractivity contribution in [2.45, 2.75) is 0 Å². The maximum Gasteiger partial charge on any atom is 0.107 e. The summed E-state index contributed by atoms with van der Waals surface area (Å²) in [6.07, 6.45) is 3.49. The minimum atomic E-state index is -0.692. The Hall–Kier alpha value is -0.270. The Morgan fingerprint density at radius 2 is 2.57 bits per heavy atom. The standard InChI is InChI=1S/C3H8NO2P/c4-6-2-1-3-7-5/h1-2H,3-4,7H2. The summed E-state index contributed by atoms with van der Waals surface area (Å²) >= 11 is 0. The van der Waals surface area contributed by atoms with Crippen LogP contribution in [-0.2, 0) is 9.40 Å². The molecule has 2 N–H and O–H groups in total. The number of nitrogens with two attached hydrogens (primary N) is 1. The first kappa shape index (κ1) is 6.73. The number of allylic oxidation sites excluding steroid dienone is 1. The van der Waals surface area contributed by atoms with Gasteiger partial charge in [0.2, 0.25) is 0 Å². The zero-order valence-corrected chi connectivity index (χ0v) is 4.99. The van der Waals surface area contributed by atoms with E-state index in [2.05, 4.69) is 10.7 Å². The molecule has 0 bridgehead atoms. The summed E-state index contributed by atoms with van der Waals surface area (Å²) in [7, 11) is -0.692. The molecule has 1 unspecified atom stereocenters. The maximum atomic E-state index is 9.74. The van der Waals surface area contributed by atoms with E-state index in [1.54, 1.807) is 6.08 Å². The Labute approximate surface area is 43.3 Å². The van der Waals surface area contributed by atoms with Crippen molar-refractivity contribution < 1.29 is 9.40 Å². The highest BCUT2D eigenvalue weighted by atomic mass is 31.1. The molecule has 0 aromatic heterocycles. The van der Waals surface area contributed by atoms with Crippen LogP contribution in [0.2, 0.25) is 0 Å². The van der Waals surface area contributed by atoms with E-state index in [-0.39, 0.29) is 0 Å². The lowest BCUT2D eigenvalue weighted by Gasteiger charge is -1.79. The molecule has 0 aliphatic heterocycles. The van der Waals surface area contributed by atoms with Crippen LogP contribution in [0.3, 0.4) is 0 Å². The monoisotopic (exact) mass is 121 g/mol. The first-order valence-corrected chi connectivity index (χ1v) is 3.14. The first-order chi connectivity index (χ1) is 3.41. The van der Waals surface area contributed by atoms with Crippen LogP contribution in [-0.4, -0.2) is 6.16 Å². The van der Waals surface area contributed by atoms with Crippen LogP contribution in [0.4, 0.5) is 0 Å². The fraction of sp³-hybridized carbons (Fsp3) is 0.333. The van der Waals surface area contributed by atoms with E-state index in [0.717, 1.165) is 0 Å². The summed E-state index contributed by atoms with van der Waals surface area (Å²) in [4.78, 5) is 4.04. The van der Waals surface area contributed by atoms with Crippen molar-refractivity contribution >= 4 is 8.46 Å². The van der Waals surface area contributed by atoms with E-state index in [4.69, 9.17) is 0 Å². The largest absolute Gasteiger partial charge is 0.420 e. The lowest BCUT2D eigenvalue weighted by molar-refractivity contribution is 0.261. The SMILES string of the molecule is NOC=CC[PH2]=O. The zero-order valence-electron chi connectivity index (χ0n) is 3.83. The third kappa shape index (κ3) is 5.73. The van der Waals surface area contributed by atoms with E-state index in [1.807, 2.05) is 0 Å². The molecular formula is C3H8NO2P. The molecule has 0 spiro atoms. The van der Waals surface area contributed by atoms with Gasteiger partial charge in [-0.15, -0.1) is 0 Å². The van der Waals surface area contributed by atoms with Gasteiger partial charge in [-0.1, -0.05) is 0 Å². The molecule has 0 saturated carbocycles. The second kappa shape index (κ2) is 5.73. The fourth-order valence-electron chi connectivity index (χ4n) is 0.167. The molecule has 7 heavy (non-hydrogen) atoms. The molecular weight excluding hydrogens is 113 g/mol. The highest BCUT2D eigenvalue weighted by Gasteiger charge is 1.66. The molecule has 3 nitrogen and oxygen atoms in total. The van der Waals surface area contributed by atoms with E-state index in [9.17, 15) is 4.57 Å². The molecule has 0 heterocycles. The van der Waals surface area contributed by atoms with E-state index >= 15 is 0 Å². The Morgan fingerprint density at radius 1 is 1.86 bits per heavy atom. The summed E-state index contributed by atoms with van der Waals surface area (Å²) in [5, 5.41) is 0. The second-order valence-corrected chi connectivity index (χ2v) is 1.71. The minimum absolute atomic E-state index is 0.567. The van der Waals surface area contributed by atoms with Crippen molar-refractivity contribution in [3.63, 3.8) is 0 Å². The maximum absolute atomic E-state index is 9.74. The van der Waals surface area contributed by atoms with E-state index < -0.39 is 8.46 Å². The van der Waals surface area contributed by atoms with Gasteiger partial charge in [0.05, 0.1) is 8.46 Å². The molecule has 0 saturated heterocycles. The Bertz CT molecular complexity index is 73.3. The van der Waals surface area contributed by atoms with Crippen molar-refractivity contribution in [2.75, 3.05) is 6.16 Å². The molecule has 0 aliphatic carbocycles. The number of hydrogen-bond donors (Lipinski definition) is 1. The quantitative estimate of drug-likeness (QED) is 0.328. The third-order valence-corrected chi connectivity index (χ3v) is 0.872. The second-order valence-electron chi connectivity index (χ2n) is 0.910. The van der Waals surface area contributed by atoms with Crippen molar-refractivity contribution in [3.8, 4) is 0 Å². The van der Waals surface area contributed by atoms with Crippen molar-refractivity contribution in [1.29, 1.82) is 0 Å². The summed E-state index contributed by atoms with van der Waals surface area (Å²) in [5.41, 5.74) is 0. The van der Waals surface area contributed by atoms with Crippen molar-refractivity contribution in [2.24, 2.45) is 5.90 Å². The molecule has 0 aliphatic rings. The van der Waals surface area contributed by atoms with Crippen LogP contribution >= 0.6 is 8.46 Å². The van der Waals surface area contributed by atoms with Gasteiger partial charge in [-0.2, -0.15) is 5.90 Å². The van der Waals surface area contributed by atoms with Gasteiger partial charge in [0.1, 0.15) is 6.26 Å². The van der Waals surface area contributed by atoms with Crippen LogP contribution < -0.4 is 5.90 Å². The van der Waals surface area contributed by atoms with Gasteiger partial charge < -0.3 is 9.40 Å². The smallest absolute Gasteiger partial charge is 0.107 e. The van der Waals surface area contributed by atoms with Crippen LogP contribution in [0.25, 0.3) is 0 Å². The summed E-state index contributed by atoms with van der Waals surface area (Å²) in [6.45, 7) is 0. The fourth-order valence-corrected chi connectivity index (χ4v) is 0.389. The lowest BCUT2D eigenvalue weighted by Crippen LogP contribution is -1.87. The molecule has 0 radical (unpaired) electrons. The molecule has 4 heteroatoms. The molecule has 0 rings (SSSR count). The predicted octanol–water partition coefficient (Wildman–Crippen LogP) is 0.147. The predicted molar refractivity (Wildman–Crippen MR) is 29.7 cm³/mol. The van der Waals surface area contributed by atoms with Crippen molar-refractivity contribution in [1.82, 2.24) is 0 Å². The first-order valence-electron chi connectivity index (χ1n) is 1.86. The van der Waals surface area contributed by atoms with E-state index in [0.29, 0.717) is 6.16 Å². The Kier molecular flexibility index (Phi) is 5.51. The van der Waals surface area contributed by atoms with Crippen LogP contribution in [0, 0.1) is 0 Å². The Morgan fingerprint density at radius 3 is 3.00 bits per heavy atom. The number of rotatable bonds is 3. The average molecular weight is 121 g/mol. The highest BCUT2D eigenvalue weighted by molar-refractivity contribution is 7.23. The zero-order chi connectivity index (χ0) is 5.54. The normalized spacial score (nSPS) is 11.6. The van der Waals surface area contributed by atoms with Crippen LogP contribution in [0.5, 0.6) is 0 Å². The molecule has 0 amide bonds. The van der Waals surface area contributed by atoms with Gasteiger partial charge in [0.25, 0.3) is 0 Å². The molecule has 0 aromatic carbocycles. The third-order valence-electron chi connectivity index (χ3n) is 0.407. The lowest BCUT2D eigenvalue weighted by atomic mass is 10.7. The van der Waals surface area contributed by atoms with Gasteiger partial charge in [-0.05, 0) is 6.08 Å². The van der Waals surface area contributed by atoms with Gasteiger partial charge in [0, 0.05) is 6.16 Å². The summed E-state index contributed by atoms with van der Waals surface area (Å²) in [5.74, 6) is 4.59.